The minimum absolute atomic E-state index is 0. The van der Waals surface area contributed by atoms with E-state index in [2.05, 4.69) is 29.3 Å². The normalized spacial score (nSPS) is 21.3. The van der Waals surface area contributed by atoms with Crippen molar-refractivity contribution in [1.29, 1.82) is 0 Å². The van der Waals surface area contributed by atoms with Crippen LogP contribution in [0.25, 0.3) is 0 Å². The van der Waals surface area contributed by atoms with E-state index in [1.54, 1.807) is 0 Å². The number of rotatable bonds is 8. The Morgan fingerprint density at radius 2 is 1.97 bits per heavy atom. The molecule has 1 N–H and O–H groups in total. The van der Waals surface area contributed by atoms with Crippen LogP contribution in [0, 0.1) is 5.41 Å². The van der Waals surface area contributed by atoms with Crippen LogP contribution in [0.15, 0.2) is 23.2 Å². The Balaban J connectivity index is 0.00000300. The zero-order chi connectivity index (χ0) is 19.8. The van der Waals surface area contributed by atoms with Gasteiger partial charge in [-0.2, -0.15) is 0 Å². The second-order valence-corrected chi connectivity index (χ2v) is 7.61. The van der Waals surface area contributed by atoms with Crippen LogP contribution in [0.3, 0.4) is 0 Å². The maximum atomic E-state index is 5.74. The number of likely N-dealkylation sites (tertiary alicyclic amines) is 1. The van der Waals surface area contributed by atoms with Crippen molar-refractivity contribution in [2.75, 3.05) is 52.6 Å². The molecule has 2 fully saturated rings. The smallest absolute Gasteiger partial charge is 0.193 e. The highest BCUT2D eigenvalue weighted by atomic mass is 127. The van der Waals surface area contributed by atoms with Crippen molar-refractivity contribution >= 4 is 29.9 Å². The number of benzene rings is 1. The van der Waals surface area contributed by atoms with Crippen molar-refractivity contribution < 1.29 is 14.2 Å². The lowest BCUT2D eigenvalue weighted by atomic mass is 9.87. The molecule has 1 aromatic carbocycles. The first-order valence-electron chi connectivity index (χ1n) is 10.7. The third-order valence-corrected chi connectivity index (χ3v) is 5.53. The number of nitrogens with one attached hydrogen (secondary N) is 1. The Labute approximate surface area is 192 Å². The fourth-order valence-corrected chi connectivity index (χ4v) is 4.06. The molecular weight excluding hydrogens is 481 g/mol. The van der Waals surface area contributed by atoms with Gasteiger partial charge in [-0.15, -0.1) is 24.0 Å². The lowest BCUT2D eigenvalue weighted by Crippen LogP contribution is -2.41. The van der Waals surface area contributed by atoms with E-state index in [4.69, 9.17) is 19.2 Å². The van der Waals surface area contributed by atoms with E-state index in [1.165, 1.54) is 18.4 Å². The van der Waals surface area contributed by atoms with Gasteiger partial charge in [-0.1, -0.05) is 6.07 Å². The van der Waals surface area contributed by atoms with Gasteiger partial charge >= 0.3 is 0 Å². The minimum atomic E-state index is 0. The molecule has 0 saturated carbocycles. The molecular formula is C22H36IN3O3. The van der Waals surface area contributed by atoms with Crippen LogP contribution in [0.5, 0.6) is 11.5 Å². The summed E-state index contributed by atoms with van der Waals surface area (Å²) < 4.78 is 17.0. The molecule has 7 heteroatoms. The zero-order valence-electron chi connectivity index (χ0n) is 18.0. The van der Waals surface area contributed by atoms with Gasteiger partial charge in [0.15, 0.2) is 17.5 Å². The van der Waals surface area contributed by atoms with Crippen molar-refractivity contribution in [2.45, 2.75) is 40.0 Å². The minimum Gasteiger partial charge on any atom is -0.490 e. The highest BCUT2D eigenvalue weighted by Crippen LogP contribution is 2.38. The van der Waals surface area contributed by atoms with Crippen LogP contribution in [0.4, 0.5) is 0 Å². The lowest BCUT2D eigenvalue weighted by Gasteiger charge is -2.25. The van der Waals surface area contributed by atoms with Crippen molar-refractivity contribution in [2.24, 2.45) is 10.4 Å². The monoisotopic (exact) mass is 517 g/mol. The Bertz CT molecular complexity index is 663. The maximum Gasteiger partial charge on any atom is 0.193 e. The molecule has 2 aliphatic rings. The van der Waals surface area contributed by atoms with Crippen molar-refractivity contribution in [3.05, 3.63) is 23.8 Å². The molecule has 1 atom stereocenters. The molecule has 164 valence electrons. The fourth-order valence-electron chi connectivity index (χ4n) is 4.06. The number of aliphatic imine (C=N–C) groups is 1. The average Bonchev–Trinajstić information content (AvgIpc) is 3.33. The van der Waals surface area contributed by atoms with Gasteiger partial charge in [-0.05, 0) is 57.7 Å². The third-order valence-electron chi connectivity index (χ3n) is 5.53. The standard InChI is InChI=1S/C22H35N3O3.HI/c1-4-23-21(25-13-10-22(16-25)11-14-26-17-22)24-12-9-18-7-8-19(27-5-2)20(15-18)28-6-3;/h7-8,15H,4-6,9-14,16-17H2,1-3H3,(H,23,24);1H. The predicted octanol–water partition coefficient (Wildman–Crippen LogP) is 3.72. The summed E-state index contributed by atoms with van der Waals surface area (Å²) in [6, 6.07) is 6.19. The fraction of sp³-hybridized carbons (Fsp3) is 0.682. The Hall–Kier alpha value is -1.22. The molecule has 1 spiro atoms. The molecule has 6 nitrogen and oxygen atoms in total. The van der Waals surface area contributed by atoms with Gasteiger partial charge in [0.25, 0.3) is 0 Å². The molecule has 0 radical (unpaired) electrons. The molecule has 2 saturated heterocycles. The topological polar surface area (TPSA) is 55.3 Å². The van der Waals surface area contributed by atoms with Gasteiger partial charge in [-0.25, -0.2) is 0 Å². The zero-order valence-corrected chi connectivity index (χ0v) is 20.4. The number of hydrogen-bond donors (Lipinski definition) is 1. The van der Waals surface area contributed by atoms with E-state index < -0.39 is 0 Å². The predicted molar refractivity (Wildman–Crippen MR) is 128 cm³/mol. The average molecular weight is 517 g/mol. The van der Waals surface area contributed by atoms with Gasteiger partial charge in [0.1, 0.15) is 0 Å². The number of ether oxygens (including phenoxy) is 3. The number of hydrogen-bond acceptors (Lipinski definition) is 4. The van der Waals surface area contributed by atoms with Crippen molar-refractivity contribution in [3.8, 4) is 11.5 Å². The Morgan fingerprint density at radius 3 is 2.66 bits per heavy atom. The molecule has 1 aromatic rings. The lowest BCUT2D eigenvalue weighted by molar-refractivity contribution is 0.156. The first kappa shape index (κ1) is 24.1. The van der Waals surface area contributed by atoms with Crippen molar-refractivity contribution in [1.82, 2.24) is 10.2 Å². The van der Waals surface area contributed by atoms with Crippen LogP contribution >= 0.6 is 24.0 Å². The van der Waals surface area contributed by atoms with Gasteiger partial charge in [0, 0.05) is 38.2 Å². The summed E-state index contributed by atoms with van der Waals surface area (Å²) >= 11 is 0. The van der Waals surface area contributed by atoms with Crippen LogP contribution < -0.4 is 14.8 Å². The second kappa shape index (κ2) is 11.8. The largest absolute Gasteiger partial charge is 0.490 e. The van der Waals surface area contributed by atoms with Gasteiger partial charge in [-0.3, -0.25) is 4.99 Å². The molecule has 0 amide bonds. The van der Waals surface area contributed by atoms with E-state index in [0.717, 1.165) is 63.3 Å². The maximum absolute atomic E-state index is 5.74. The number of guanidine groups is 1. The molecule has 29 heavy (non-hydrogen) atoms. The Kier molecular flexibility index (Phi) is 9.82. The molecule has 0 bridgehead atoms. The molecule has 0 aliphatic carbocycles. The quantitative estimate of drug-likeness (QED) is 0.324. The highest BCUT2D eigenvalue weighted by molar-refractivity contribution is 14.0. The summed E-state index contributed by atoms with van der Waals surface area (Å²) in [4.78, 5) is 7.30. The molecule has 2 heterocycles. The summed E-state index contributed by atoms with van der Waals surface area (Å²) in [5.41, 5.74) is 1.56. The summed E-state index contributed by atoms with van der Waals surface area (Å²) in [6.45, 7) is 12.9. The summed E-state index contributed by atoms with van der Waals surface area (Å²) in [5, 5.41) is 3.47. The van der Waals surface area contributed by atoms with Crippen LogP contribution in [-0.2, 0) is 11.2 Å². The van der Waals surface area contributed by atoms with E-state index >= 15 is 0 Å². The van der Waals surface area contributed by atoms with Gasteiger partial charge in [0.2, 0.25) is 0 Å². The van der Waals surface area contributed by atoms with Crippen molar-refractivity contribution in [3.63, 3.8) is 0 Å². The molecule has 1 unspecified atom stereocenters. The first-order chi connectivity index (χ1) is 13.7. The number of halogens is 1. The summed E-state index contributed by atoms with van der Waals surface area (Å²) in [6.07, 6.45) is 3.26. The summed E-state index contributed by atoms with van der Waals surface area (Å²) in [7, 11) is 0. The van der Waals surface area contributed by atoms with E-state index in [9.17, 15) is 0 Å². The second-order valence-electron chi connectivity index (χ2n) is 7.61. The van der Waals surface area contributed by atoms with E-state index in [0.29, 0.717) is 18.6 Å². The van der Waals surface area contributed by atoms with E-state index in [-0.39, 0.29) is 24.0 Å². The molecule has 2 aliphatic heterocycles. The number of nitrogens with zero attached hydrogens (tertiary/aromatic N) is 2. The van der Waals surface area contributed by atoms with Crippen LogP contribution in [-0.4, -0.2) is 63.5 Å². The molecule has 3 rings (SSSR count). The van der Waals surface area contributed by atoms with E-state index in [1.807, 2.05) is 19.9 Å². The van der Waals surface area contributed by atoms with Gasteiger partial charge in [0.05, 0.1) is 19.8 Å². The highest BCUT2D eigenvalue weighted by Gasteiger charge is 2.42. The van der Waals surface area contributed by atoms with Gasteiger partial charge < -0.3 is 24.4 Å². The van der Waals surface area contributed by atoms with Crippen LogP contribution in [0.1, 0.15) is 39.2 Å². The third kappa shape index (κ3) is 6.38. The van der Waals surface area contributed by atoms with Crippen LogP contribution in [0.2, 0.25) is 0 Å². The Morgan fingerprint density at radius 1 is 1.17 bits per heavy atom. The summed E-state index contributed by atoms with van der Waals surface area (Å²) in [5.74, 6) is 2.66. The SMILES string of the molecule is CCNC(=NCCc1ccc(OCC)c(OCC)c1)N1CCC2(CCOC2)C1.I. The first-order valence-corrected chi connectivity index (χ1v) is 10.7. The molecule has 0 aromatic heterocycles.